The molecule has 9 heteroatoms. The zero-order chi connectivity index (χ0) is 23.5. The van der Waals surface area contributed by atoms with E-state index in [4.69, 9.17) is 0 Å². The van der Waals surface area contributed by atoms with Gasteiger partial charge in [-0.2, -0.15) is 0 Å². The largest absolute Gasteiger partial charge is 0.332 e. The minimum Gasteiger partial charge on any atom is -0.326 e. The Labute approximate surface area is 187 Å². The quantitative estimate of drug-likeness (QED) is 0.560. The molecule has 4 rings (SSSR count). The first kappa shape index (κ1) is 22.1. The fourth-order valence-electron chi connectivity index (χ4n) is 3.59. The lowest BCUT2D eigenvalue weighted by Crippen LogP contribution is -2.37. The molecule has 0 unspecified atom stereocenters. The highest BCUT2D eigenvalue weighted by atomic mass is 19.1. The standard InChI is InChI=1S/C24H18F3N3O3/c25-16-4-8-19(9-5-16)28-22(31)13-21-23(32)30(20-10-6-17(26)7-11-20)24(33)29(21)14-15-2-1-3-18(27)12-15/h1-12,21H,13-14H2,(H,28,31)/t21-/m0/s1. The molecule has 0 radical (unpaired) electrons. The molecule has 1 heterocycles. The summed E-state index contributed by atoms with van der Waals surface area (Å²) in [5, 5.41) is 2.56. The number of hydrogen-bond donors (Lipinski definition) is 1. The van der Waals surface area contributed by atoms with Crippen LogP contribution in [0.2, 0.25) is 0 Å². The summed E-state index contributed by atoms with van der Waals surface area (Å²) in [7, 11) is 0. The third kappa shape index (κ3) is 4.87. The Morgan fingerprint density at radius 2 is 1.48 bits per heavy atom. The molecule has 33 heavy (non-hydrogen) atoms. The van der Waals surface area contributed by atoms with Gasteiger partial charge in [0, 0.05) is 12.2 Å². The van der Waals surface area contributed by atoms with Crippen molar-refractivity contribution < 1.29 is 27.6 Å². The van der Waals surface area contributed by atoms with Crippen molar-refractivity contribution in [2.45, 2.75) is 19.0 Å². The van der Waals surface area contributed by atoms with E-state index in [-0.39, 0.29) is 18.7 Å². The summed E-state index contributed by atoms with van der Waals surface area (Å²) in [5.41, 5.74) is 0.906. The van der Waals surface area contributed by atoms with Crippen LogP contribution in [0, 0.1) is 17.5 Å². The monoisotopic (exact) mass is 453 g/mol. The van der Waals surface area contributed by atoms with Crippen LogP contribution in [0.15, 0.2) is 72.8 Å². The molecule has 0 aliphatic carbocycles. The van der Waals surface area contributed by atoms with E-state index < -0.39 is 41.3 Å². The van der Waals surface area contributed by atoms with Gasteiger partial charge in [0.15, 0.2) is 0 Å². The van der Waals surface area contributed by atoms with Gasteiger partial charge in [0.2, 0.25) is 5.91 Å². The second kappa shape index (κ2) is 9.15. The summed E-state index contributed by atoms with van der Waals surface area (Å²) < 4.78 is 40.1. The molecule has 0 aromatic heterocycles. The fourth-order valence-corrected chi connectivity index (χ4v) is 3.59. The average Bonchev–Trinajstić information content (AvgIpc) is 3.00. The van der Waals surface area contributed by atoms with E-state index in [1.54, 1.807) is 6.07 Å². The first-order valence-electron chi connectivity index (χ1n) is 10.0. The van der Waals surface area contributed by atoms with Crippen molar-refractivity contribution in [3.63, 3.8) is 0 Å². The zero-order valence-electron chi connectivity index (χ0n) is 17.2. The van der Waals surface area contributed by atoms with Crippen LogP contribution >= 0.6 is 0 Å². The number of benzene rings is 3. The number of halogens is 3. The van der Waals surface area contributed by atoms with Crippen LogP contribution in [-0.4, -0.2) is 28.8 Å². The summed E-state index contributed by atoms with van der Waals surface area (Å²) in [6, 6.07) is 13.5. The van der Waals surface area contributed by atoms with Gasteiger partial charge in [-0.3, -0.25) is 9.59 Å². The SMILES string of the molecule is O=C(C[C@H]1C(=O)N(c2ccc(F)cc2)C(=O)N1Cc1cccc(F)c1)Nc1ccc(F)cc1. The van der Waals surface area contributed by atoms with E-state index in [9.17, 15) is 27.6 Å². The van der Waals surface area contributed by atoms with E-state index in [0.717, 1.165) is 17.0 Å². The van der Waals surface area contributed by atoms with E-state index >= 15 is 0 Å². The topological polar surface area (TPSA) is 69.7 Å². The Morgan fingerprint density at radius 1 is 0.848 bits per heavy atom. The number of anilines is 2. The van der Waals surface area contributed by atoms with Gasteiger partial charge < -0.3 is 10.2 Å². The van der Waals surface area contributed by atoms with Crippen molar-refractivity contribution in [1.82, 2.24) is 4.90 Å². The molecule has 1 aliphatic heterocycles. The molecule has 1 atom stereocenters. The van der Waals surface area contributed by atoms with Gasteiger partial charge in [-0.1, -0.05) is 12.1 Å². The maximum atomic E-state index is 13.7. The van der Waals surface area contributed by atoms with Gasteiger partial charge in [0.05, 0.1) is 12.1 Å². The second-order valence-corrected chi connectivity index (χ2v) is 7.47. The molecule has 6 nitrogen and oxygen atoms in total. The Hall–Kier alpha value is -4.14. The smallest absolute Gasteiger partial charge is 0.326 e. The third-order valence-electron chi connectivity index (χ3n) is 5.15. The van der Waals surface area contributed by atoms with Crippen LogP contribution in [0.1, 0.15) is 12.0 Å². The lowest BCUT2D eigenvalue weighted by molar-refractivity contribution is -0.124. The van der Waals surface area contributed by atoms with E-state index in [1.165, 1.54) is 59.5 Å². The number of carbonyl (C=O) groups is 3. The highest BCUT2D eigenvalue weighted by Crippen LogP contribution is 2.29. The Morgan fingerprint density at radius 3 is 2.12 bits per heavy atom. The summed E-state index contributed by atoms with van der Waals surface area (Å²) in [5.74, 6) is -2.76. The van der Waals surface area contributed by atoms with Crippen LogP contribution in [0.5, 0.6) is 0 Å². The molecular weight excluding hydrogens is 435 g/mol. The Bertz CT molecular complexity index is 1200. The summed E-state index contributed by atoms with van der Waals surface area (Å²) in [4.78, 5) is 41.0. The predicted molar refractivity (Wildman–Crippen MR) is 115 cm³/mol. The summed E-state index contributed by atoms with van der Waals surface area (Å²) >= 11 is 0. The molecule has 3 aromatic rings. The number of amides is 4. The fraction of sp³-hybridized carbons (Fsp3) is 0.125. The number of urea groups is 1. The summed E-state index contributed by atoms with van der Waals surface area (Å²) in [6.45, 7) is -0.117. The molecule has 0 spiro atoms. The van der Waals surface area contributed by atoms with Crippen molar-refractivity contribution in [3.05, 3.63) is 95.8 Å². The maximum Gasteiger partial charge on any atom is 0.332 e. The lowest BCUT2D eigenvalue weighted by Gasteiger charge is -2.21. The molecule has 0 saturated carbocycles. The lowest BCUT2D eigenvalue weighted by atomic mass is 10.1. The summed E-state index contributed by atoms with van der Waals surface area (Å²) in [6.07, 6.45) is -0.380. The van der Waals surface area contributed by atoms with Crippen LogP contribution in [0.3, 0.4) is 0 Å². The van der Waals surface area contributed by atoms with Crippen molar-refractivity contribution in [2.75, 3.05) is 10.2 Å². The molecule has 4 amide bonds. The van der Waals surface area contributed by atoms with Gasteiger partial charge in [0.1, 0.15) is 23.5 Å². The Balaban J connectivity index is 1.60. The highest BCUT2D eigenvalue weighted by Gasteiger charge is 2.46. The van der Waals surface area contributed by atoms with Crippen molar-refractivity contribution in [1.29, 1.82) is 0 Å². The number of nitrogens with zero attached hydrogens (tertiary/aromatic N) is 2. The van der Waals surface area contributed by atoms with Gasteiger partial charge in [0.25, 0.3) is 5.91 Å². The van der Waals surface area contributed by atoms with Gasteiger partial charge >= 0.3 is 6.03 Å². The van der Waals surface area contributed by atoms with Gasteiger partial charge in [-0.25, -0.2) is 22.9 Å². The normalized spacial score (nSPS) is 15.8. The minimum absolute atomic E-state index is 0.117. The highest BCUT2D eigenvalue weighted by molar-refractivity contribution is 6.22. The average molecular weight is 453 g/mol. The molecule has 168 valence electrons. The van der Waals surface area contributed by atoms with Crippen LogP contribution < -0.4 is 10.2 Å². The number of carbonyl (C=O) groups excluding carboxylic acids is 3. The number of imide groups is 1. The molecule has 1 aliphatic rings. The van der Waals surface area contributed by atoms with Crippen LogP contribution in [0.25, 0.3) is 0 Å². The number of rotatable bonds is 6. The van der Waals surface area contributed by atoms with E-state index in [1.807, 2.05) is 0 Å². The third-order valence-corrected chi connectivity index (χ3v) is 5.15. The first-order chi connectivity index (χ1) is 15.8. The predicted octanol–water partition coefficient (Wildman–Crippen LogP) is 4.47. The molecule has 0 bridgehead atoms. The van der Waals surface area contributed by atoms with E-state index in [0.29, 0.717) is 11.3 Å². The second-order valence-electron chi connectivity index (χ2n) is 7.47. The number of hydrogen-bond acceptors (Lipinski definition) is 3. The minimum atomic E-state index is -1.17. The Kier molecular flexibility index (Phi) is 6.12. The molecule has 1 fully saturated rings. The van der Waals surface area contributed by atoms with E-state index in [2.05, 4.69) is 5.32 Å². The van der Waals surface area contributed by atoms with Crippen molar-refractivity contribution in [2.24, 2.45) is 0 Å². The zero-order valence-corrected chi connectivity index (χ0v) is 17.2. The van der Waals surface area contributed by atoms with Crippen LogP contribution in [0.4, 0.5) is 29.3 Å². The molecular formula is C24H18F3N3O3. The molecule has 1 saturated heterocycles. The van der Waals surface area contributed by atoms with Gasteiger partial charge in [-0.05, 0) is 66.2 Å². The van der Waals surface area contributed by atoms with Crippen LogP contribution in [-0.2, 0) is 16.1 Å². The number of nitrogens with one attached hydrogen (secondary N) is 1. The maximum absolute atomic E-state index is 13.7. The van der Waals surface area contributed by atoms with Crippen molar-refractivity contribution >= 4 is 29.2 Å². The van der Waals surface area contributed by atoms with Gasteiger partial charge in [-0.15, -0.1) is 0 Å². The first-order valence-corrected chi connectivity index (χ1v) is 10.0. The molecule has 1 N–H and O–H groups in total. The molecule has 3 aromatic carbocycles. The van der Waals surface area contributed by atoms with Crippen molar-refractivity contribution in [3.8, 4) is 0 Å².